The molecule has 1 atom stereocenters. The summed E-state index contributed by atoms with van der Waals surface area (Å²) in [6, 6.07) is 8.19. The number of nitrogens with zero attached hydrogens (tertiary/aromatic N) is 3. The van der Waals surface area contributed by atoms with E-state index >= 15 is 0 Å². The molecule has 120 valence electrons. The van der Waals surface area contributed by atoms with Crippen molar-refractivity contribution in [3.63, 3.8) is 0 Å². The Hall–Kier alpha value is -2.50. The summed E-state index contributed by atoms with van der Waals surface area (Å²) in [5.41, 5.74) is 0.905. The highest BCUT2D eigenvalue weighted by molar-refractivity contribution is 5.80. The molecule has 1 aromatic heterocycles. The number of hydrogen-bond acceptors (Lipinski definition) is 3. The molecule has 1 aromatic carbocycles. The topological polar surface area (TPSA) is 55.2 Å². The predicted octanol–water partition coefficient (Wildman–Crippen LogP) is 2.23. The summed E-state index contributed by atoms with van der Waals surface area (Å²) in [6.45, 7) is 3.15. The lowest BCUT2D eigenvalue weighted by Crippen LogP contribution is -2.38. The SMILES string of the molecule is C[C@@H](C(=O)N1CCCC1)n1nc(-c2ccc(F)cc2)ccc1=O. The van der Waals surface area contributed by atoms with Crippen LogP contribution >= 0.6 is 0 Å². The second-order valence-electron chi connectivity index (χ2n) is 5.72. The van der Waals surface area contributed by atoms with Crippen LogP contribution in [0.25, 0.3) is 11.3 Å². The Morgan fingerprint density at radius 3 is 2.43 bits per heavy atom. The summed E-state index contributed by atoms with van der Waals surface area (Å²) in [4.78, 5) is 26.3. The Morgan fingerprint density at radius 2 is 1.78 bits per heavy atom. The van der Waals surface area contributed by atoms with Gasteiger partial charge in [0.05, 0.1) is 5.69 Å². The van der Waals surface area contributed by atoms with Crippen molar-refractivity contribution < 1.29 is 9.18 Å². The third kappa shape index (κ3) is 3.16. The lowest BCUT2D eigenvalue weighted by atomic mass is 10.1. The standard InChI is InChI=1S/C17H18FN3O2/c1-12(17(23)20-10-2-3-11-20)21-16(22)9-8-15(19-21)13-4-6-14(18)7-5-13/h4-9,12H,2-3,10-11H2,1H3/t12-/m0/s1. The van der Waals surface area contributed by atoms with Gasteiger partial charge in [-0.05, 0) is 50.1 Å². The van der Waals surface area contributed by atoms with Crippen molar-refractivity contribution in [1.29, 1.82) is 0 Å². The van der Waals surface area contributed by atoms with E-state index in [2.05, 4.69) is 5.10 Å². The first kappa shape index (κ1) is 15.4. The average molecular weight is 315 g/mol. The van der Waals surface area contributed by atoms with Gasteiger partial charge in [-0.2, -0.15) is 5.10 Å². The van der Waals surface area contributed by atoms with Crippen LogP contribution in [-0.2, 0) is 4.79 Å². The van der Waals surface area contributed by atoms with E-state index in [0.717, 1.165) is 25.9 Å². The molecule has 0 saturated carbocycles. The van der Waals surface area contributed by atoms with Crippen molar-refractivity contribution >= 4 is 5.91 Å². The van der Waals surface area contributed by atoms with Crippen LogP contribution in [0.4, 0.5) is 4.39 Å². The monoisotopic (exact) mass is 315 g/mol. The van der Waals surface area contributed by atoms with Crippen molar-refractivity contribution in [3.05, 3.63) is 52.6 Å². The quantitative estimate of drug-likeness (QED) is 0.873. The predicted molar refractivity (Wildman–Crippen MR) is 84.4 cm³/mol. The lowest BCUT2D eigenvalue weighted by molar-refractivity contribution is -0.133. The molecule has 2 aromatic rings. The van der Waals surface area contributed by atoms with Gasteiger partial charge >= 0.3 is 0 Å². The fourth-order valence-electron chi connectivity index (χ4n) is 2.78. The van der Waals surface area contributed by atoms with Gasteiger partial charge in [-0.25, -0.2) is 9.07 Å². The van der Waals surface area contributed by atoms with Gasteiger partial charge in [0.2, 0.25) is 5.91 Å². The molecule has 1 aliphatic rings. The molecule has 2 heterocycles. The molecule has 5 nitrogen and oxygen atoms in total. The summed E-state index contributed by atoms with van der Waals surface area (Å²) in [5.74, 6) is -0.423. The highest BCUT2D eigenvalue weighted by atomic mass is 19.1. The number of benzene rings is 1. The number of carbonyl (C=O) groups is 1. The summed E-state index contributed by atoms with van der Waals surface area (Å²) < 4.78 is 14.2. The zero-order chi connectivity index (χ0) is 16.4. The lowest BCUT2D eigenvalue weighted by Gasteiger charge is -2.21. The van der Waals surface area contributed by atoms with Crippen LogP contribution in [0.3, 0.4) is 0 Å². The number of halogens is 1. The number of likely N-dealkylation sites (tertiary alicyclic amines) is 1. The molecule has 3 rings (SSSR count). The Bertz CT molecular complexity index is 764. The summed E-state index contributed by atoms with van der Waals surface area (Å²) >= 11 is 0. The van der Waals surface area contributed by atoms with Crippen molar-refractivity contribution in [2.45, 2.75) is 25.8 Å². The first-order valence-corrected chi connectivity index (χ1v) is 7.71. The van der Waals surface area contributed by atoms with Crippen molar-refractivity contribution in [1.82, 2.24) is 14.7 Å². The van der Waals surface area contributed by atoms with Crippen LogP contribution in [0.1, 0.15) is 25.8 Å². The Balaban J connectivity index is 1.92. The van der Waals surface area contributed by atoms with Gasteiger partial charge in [-0.3, -0.25) is 9.59 Å². The second-order valence-corrected chi connectivity index (χ2v) is 5.72. The summed E-state index contributed by atoms with van der Waals surface area (Å²) in [7, 11) is 0. The third-order valence-corrected chi connectivity index (χ3v) is 4.11. The number of rotatable bonds is 3. The Kier molecular flexibility index (Phi) is 4.23. The van der Waals surface area contributed by atoms with E-state index < -0.39 is 6.04 Å². The molecule has 0 bridgehead atoms. The number of amides is 1. The van der Waals surface area contributed by atoms with Crippen LogP contribution in [0.5, 0.6) is 0 Å². The third-order valence-electron chi connectivity index (χ3n) is 4.11. The van der Waals surface area contributed by atoms with Crippen LogP contribution in [-0.4, -0.2) is 33.7 Å². The smallest absolute Gasteiger partial charge is 0.267 e. The molecule has 1 saturated heterocycles. The van der Waals surface area contributed by atoms with Crippen molar-refractivity contribution in [2.24, 2.45) is 0 Å². The van der Waals surface area contributed by atoms with Crippen molar-refractivity contribution in [3.8, 4) is 11.3 Å². The summed E-state index contributed by atoms with van der Waals surface area (Å²) in [6.07, 6.45) is 1.99. The Labute approximate surface area is 133 Å². The highest BCUT2D eigenvalue weighted by Gasteiger charge is 2.25. The molecule has 23 heavy (non-hydrogen) atoms. The largest absolute Gasteiger partial charge is 0.341 e. The van der Waals surface area contributed by atoms with Crippen LogP contribution in [0, 0.1) is 5.82 Å². The maximum atomic E-state index is 13.0. The molecular formula is C17H18FN3O2. The first-order chi connectivity index (χ1) is 11.1. The van der Waals surface area contributed by atoms with Gasteiger partial charge in [0.15, 0.2) is 0 Å². The second kappa shape index (κ2) is 6.32. The van der Waals surface area contributed by atoms with E-state index in [1.54, 1.807) is 30.0 Å². The molecule has 0 spiro atoms. The minimum atomic E-state index is -0.652. The van der Waals surface area contributed by atoms with E-state index in [1.807, 2.05) is 0 Å². The highest BCUT2D eigenvalue weighted by Crippen LogP contribution is 2.18. The molecule has 1 aliphatic heterocycles. The maximum Gasteiger partial charge on any atom is 0.267 e. The van der Waals surface area contributed by atoms with E-state index in [1.165, 1.54) is 22.9 Å². The van der Waals surface area contributed by atoms with E-state index in [-0.39, 0.29) is 17.3 Å². The Morgan fingerprint density at radius 1 is 1.13 bits per heavy atom. The first-order valence-electron chi connectivity index (χ1n) is 7.71. The van der Waals surface area contributed by atoms with Gasteiger partial charge in [-0.15, -0.1) is 0 Å². The van der Waals surface area contributed by atoms with Crippen molar-refractivity contribution in [2.75, 3.05) is 13.1 Å². The molecular weight excluding hydrogens is 297 g/mol. The average Bonchev–Trinajstić information content (AvgIpc) is 3.09. The van der Waals surface area contributed by atoms with Crippen LogP contribution < -0.4 is 5.56 Å². The molecule has 0 radical (unpaired) electrons. The minimum Gasteiger partial charge on any atom is -0.341 e. The van der Waals surface area contributed by atoms with E-state index in [4.69, 9.17) is 0 Å². The van der Waals surface area contributed by atoms with Gasteiger partial charge in [0, 0.05) is 24.7 Å². The van der Waals surface area contributed by atoms with E-state index in [9.17, 15) is 14.0 Å². The molecule has 0 N–H and O–H groups in total. The van der Waals surface area contributed by atoms with Gasteiger partial charge in [-0.1, -0.05) is 0 Å². The van der Waals surface area contributed by atoms with Gasteiger partial charge in [0.25, 0.3) is 5.56 Å². The molecule has 1 amide bonds. The fourth-order valence-corrected chi connectivity index (χ4v) is 2.78. The molecule has 0 unspecified atom stereocenters. The zero-order valence-electron chi connectivity index (χ0n) is 12.9. The van der Waals surface area contributed by atoms with Gasteiger partial charge < -0.3 is 4.90 Å². The summed E-state index contributed by atoms with van der Waals surface area (Å²) in [5, 5.41) is 4.30. The molecule has 0 aliphatic carbocycles. The number of aromatic nitrogens is 2. The van der Waals surface area contributed by atoms with Crippen LogP contribution in [0.2, 0.25) is 0 Å². The molecule has 6 heteroatoms. The van der Waals surface area contributed by atoms with Gasteiger partial charge in [0.1, 0.15) is 11.9 Å². The zero-order valence-corrected chi connectivity index (χ0v) is 12.9. The van der Waals surface area contributed by atoms with E-state index in [0.29, 0.717) is 11.3 Å². The molecule has 1 fully saturated rings. The van der Waals surface area contributed by atoms with Crippen LogP contribution in [0.15, 0.2) is 41.2 Å². The maximum absolute atomic E-state index is 13.0. The normalized spacial score (nSPS) is 15.7. The number of hydrogen-bond donors (Lipinski definition) is 0. The minimum absolute atomic E-state index is 0.0895. The number of carbonyl (C=O) groups excluding carboxylic acids is 1. The fraction of sp³-hybridized carbons (Fsp3) is 0.353.